The van der Waals surface area contributed by atoms with Crippen molar-refractivity contribution in [2.24, 2.45) is 25.0 Å². The second-order valence-corrected chi connectivity index (χ2v) is 15.8. The summed E-state index contributed by atoms with van der Waals surface area (Å²) in [6.07, 6.45) is 9.79. The third-order valence-corrected chi connectivity index (χ3v) is 9.99. The molecular weight excluding hydrogens is 975 g/mol. The Kier molecular flexibility index (Phi) is 28.6. The summed E-state index contributed by atoms with van der Waals surface area (Å²) in [5.74, 6) is -21.3. The van der Waals surface area contributed by atoms with E-state index in [1.54, 1.807) is 58.6 Å². The SMILES string of the molecule is C1=NCCCN1.C1=NCCC[N-]1.Cc1cc(C)c(N=C(Cl)c2c(F)c(F)c(F)c(F)c2F)c(Cl)c1.Cc1cc(C)c(N=C(c2c(F)c(F)c(F)c(F)c2F)N2C=NCCC2)c(Cl)c1.[CH2-]CCC.[Li+].[Li+]. The maximum Gasteiger partial charge on any atom is 1.00 e. The van der Waals surface area contributed by atoms with Gasteiger partial charge >= 0.3 is 37.7 Å². The van der Waals surface area contributed by atoms with Gasteiger partial charge in [-0.15, -0.1) is 6.34 Å². The van der Waals surface area contributed by atoms with Crippen LogP contribution in [-0.2, 0) is 0 Å². The van der Waals surface area contributed by atoms with Gasteiger partial charge in [-0.05, 0) is 74.9 Å². The van der Waals surface area contributed by atoms with E-state index in [4.69, 9.17) is 34.8 Å². The maximum atomic E-state index is 14.5. The van der Waals surface area contributed by atoms with Gasteiger partial charge in [0.1, 0.15) is 11.0 Å². The van der Waals surface area contributed by atoms with Gasteiger partial charge in [-0.25, -0.2) is 53.9 Å². The molecule has 364 valence electrons. The van der Waals surface area contributed by atoms with Gasteiger partial charge in [0, 0.05) is 26.2 Å². The van der Waals surface area contributed by atoms with Gasteiger partial charge in [0.05, 0.1) is 45.2 Å². The summed E-state index contributed by atoms with van der Waals surface area (Å²) in [5.41, 5.74) is 0.561. The Morgan fingerprint density at radius 3 is 1.42 bits per heavy atom. The molecule has 0 amide bonds. The molecule has 69 heavy (non-hydrogen) atoms. The quantitative estimate of drug-likeness (QED) is 0.0420. The van der Waals surface area contributed by atoms with Crippen LogP contribution in [0.5, 0.6) is 0 Å². The van der Waals surface area contributed by atoms with Crippen molar-refractivity contribution in [3.63, 3.8) is 0 Å². The molecule has 0 atom stereocenters. The van der Waals surface area contributed by atoms with Crippen LogP contribution < -0.4 is 43.0 Å². The van der Waals surface area contributed by atoms with Crippen LogP contribution in [0.25, 0.3) is 5.32 Å². The first-order valence-corrected chi connectivity index (χ1v) is 21.7. The average molecular weight is 1020 g/mol. The molecule has 0 bridgehead atoms. The number of amidine groups is 1. The summed E-state index contributed by atoms with van der Waals surface area (Å²) >= 11 is 17.9. The Morgan fingerprint density at radius 1 is 0.652 bits per heavy atom. The molecule has 4 aromatic rings. The van der Waals surface area contributed by atoms with Gasteiger partial charge < -0.3 is 27.4 Å². The van der Waals surface area contributed by atoms with Crippen molar-refractivity contribution in [2.75, 3.05) is 39.3 Å². The first-order chi connectivity index (χ1) is 31.8. The average Bonchev–Trinajstić information content (AvgIpc) is 3.32. The third-order valence-electron chi connectivity index (χ3n) is 9.14. The van der Waals surface area contributed by atoms with Crippen LogP contribution in [-0.4, -0.2) is 74.2 Å². The summed E-state index contributed by atoms with van der Waals surface area (Å²) in [6, 6.07) is 6.53. The molecule has 0 aromatic heterocycles. The van der Waals surface area contributed by atoms with E-state index in [0.29, 0.717) is 24.1 Å². The first-order valence-electron chi connectivity index (χ1n) is 20.6. The van der Waals surface area contributed by atoms with Crippen molar-refractivity contribution in [3.05, 3.63) is 138 Å². The van der Waals surface area contributed by atoms with Gasteiger partial charge in [-0.1, -0.05) is 79.8 Å². The number of halogens is 13. The van der Waals surface area contributed by atoms with Gasteiger partial charge in [-0.3, -0.25) is 9.98 Å². The molecule has 23 heteroatoms. The van der Waals surface area contributed by atoms with Crippen LogP contribution in [0, 0.1) is 92.8 Å². The molecule has 8 nitrogen and oxygen atoms in total. The van der Waals surface area contributed by atoms with E-state index in [1.807, 2.05) is 0 Å². The number of hydrogen-bond acceptors (Lipinski definition) is 6. The molecule has 3 aliphatic rings. The molecule has 0 spiro atoms. The van der Waals surface area contributed by atoms with Crippen LogP contribution in [0.15, 0.2) is 49.2 Å². The Balaban J connectivity index is 0.000000514. The van der Waals surface area contributed by atoms with Crippen molar-refractivity contribution in [1.29, 1.82) is 0 Å². The van der Waals surface area contributed by atoms with Crippen molar-refractivity contribution in [3.8, 4) is 0 Å². The summed E-state index contributed by atoms with van der Waals surface area (Å²) in [6.45, 7) is 17.4. The number of unbranched alkanes of at least 4 members (excludes halogenated alkanes) is 1. The number of aryl methyl sites for hydroxylation is 4. The number of benzene rings is 4. The number of aliphatic imine (C=N–C) groups is 5. The van der Waals surface area contributed by atoms with Gasteiger partial charge in [-0.2, -0.15) is 6.42 Å². The van der Waals surface area contributed by atoms with Gasteiger partial charge in [0.25, 0.3) is 0 Å². The molecule has 4 aromatic carbocycles. The zero-order valence-corrected chi connectivity index (χ0v) is 41.3. The summed E-state index contributed by atoms with van der Waals surface area (Å²) < 4.78 is 137. The monoisotopic (exact) mass is 1020 g/mol. The molecule has 0 saturated carbocycles. The Morgan fingerprint density at radius 2 is 1.10 bits per heavy atom. The molecule has 7 rings (SSSR count). The normalized spacial score (nSPS) is 13.9. The maximum absolute atomic E-state index is 14.5. The predicted molar refractivity (Wildman–Crippen MR) is 250 cm³/mol. The fourth-order valence-electron chi connectivity index (χ4n) is 5.81. The van der Waals surface area contributed by atoms with Crippen LogP contribution in [0.4, 0.5) is 55.3 Å². The van der Waals surface area contributed by atoms with Crippen molar-refractivity contribution < 1.29 is 81.6 Å². The molecule has 1 N–H and O–H groups in total. The van der Waals surface area contributed by atoms with E-state index >= 15 is 0 Å². The smallest absolute Gasteiger partial charge is 0.472 e. The second-order valence-electron chi connectivity index (χ2n) is 14.6. The van der Waals surface area contributed by atoms with Crippen molar-refractivity contribution >= 4 is 76.2 Å². The molecule has 3 aliphatic heterocycles. The fraction of sp³-hybridized carbons (Fsp3) is 0.348. The van der Waals surface area contributed by atoms with Crippen LogP contribution >= 0.6 is 34.8 Å². The van der Waals surface area contributed by atoms with Crippen LogP contribution in [0.1, 0.15) is 72.4 Å². The third kappa shape index (κ3) is 18.0. The molecule has 0 fully saturated rings. The van der Waals surface area contributed by atoms with E-state index in [0.717, 1.165) is 50.1 Å². The van der Waals surface area contributed by atoms with Crippen molar-refractivity contribution in [2.45, 2.75) is 66.7 Å². The molecule has 3 heterocycles. The van der Waals surface area contributed by atoms with Crippen LogP contribution in [0.2, 0.25) is 10.0 Å². The Bertz CT molecular complexity index is 2370. The topological polar surface area (TPSA) is 91.2 Å². The number of nitrogens with zero attached hydrogens (tertiary/aromatic N) is 7. The summed E-state index contributed by atoms with van der Waals surface area (Å²) in [7, 11) is 0. The first kappa shape index (κ1) is 63.0. The van der Waals surface area contributed by atoms with E-state index in [9.17, 15) is 43.9 Å². The fourth-order valence-corrected chi connectivity index (χ4v) is 6.79. The molecule has 0 unspecified atom stereocenters. The minimum Gasteiger partial charge on any atom is -0.472 e. The summed E-state index contributed by atoms with van der Waals surface area (Å²) in [4.78, 5) is 21.0. The Hall–Kier alpha value is -4.01. The minimum absolute atomic E-state index is 0. The molecule has 0 saturated heterocycles. The van der Waals surface area contributed by atoms with E-state index < -0.39 is 80.3 Å². The zero-order chi connectivity index (χ0) is 50.0. The van der Waals surface area contributed by atoms with Crippen molar-refractivity contribution in [1.82, 2.24) is 10.2 Å². The van der Waals surface area contributed by atoms with Gasteiger partial charge in [0.15, 0.2) is 46.5 Å². The minimum atomic E-state index is -2.27. The zero-order valence-electron chi connectivity index (χ0n) is 39.1. The number of nitrogens with one attached hydrogen (secondary N) is 1. The summed E-state index contributed by atoms with van der Waals surface area (Å²) in [5, 5.41) is 6.30. The largest absolute Gasteiger partial charge is 1.00 e. The number of rotatable bonds is 5. The molecular formula is C46H47Cl3F10Li2N8. The van der Waals surface area contributed by atoms with Gasteiger partial charge in [0.2, 0.25) is 11.6 Å². The molecule has 0 radical (unpaired) electrons. The predicted octanol–water partition coefficient (Wildman–Crippen LogP) is 7.86. The van der Waals surface area contributed by atoms with E-state index in [2.05, 4.69) is 49.4 Å². The second kappa shape index (κ2) is 31.4. The number of hydrogen-bond donors (Lipinski definition) is 1. The Labute approximate surface area is 434 Å². The van der Waals surface area contributed by atoms with Crippen LogP contribution in [0.3, 0.4) is 0 Å². The van der Waals surface area contributed by atoms with E-state index in [-0.39, 0.29) is 65.7 Å². The van der Waals surface area contributed by atoms with E-state index in [1.165, 1.54) is 30.1 Å². The molecule has 0 aliphatic carbocycles. The standard InChI is InChI=1S/C19H15ClF5N3.C15H8Cl2F5N.C4H8N2.C4H7N2.C4H9.2Li/c1-9-6-10(2)18(11(20)7-9)27-19(28-5-3-4-26-8-28)12-13(21)15(23)17(25)16(24)14(12)22;1-5-3-6(2)14(7(16)4-5)23-15(17)8-9(18)11(20)13(22)12(21)10(8)19;2*1-2-5-4-6-3-1;1-3-4-2;;/h6-8H,3-5H2,1-2H3;3-4H,1-2H3;4H,1-3H2,(H,5,6);4H,1-3H2;1,3-4H2,2H3;;/q;;;2*-1;2*+1.